The maximum absolute atomic E-state index is 12.0. The molecule has 0 saturated carbocycles. The van der Waals surface area contributed by atoms with Gasteiger partial charge >= 0.3 is 0 Å². The lowest BCUT2D eigenvalue weighted by Crippen LogP contribution is -2.28. The highest BCUT2D eigenvalue weighted by atomic mass is 35.5. The van der Waals surface area contributed by atoms with Gasteiger partial charge in [0.2, 0.25) is 5.01 Å². The largest absolute Gasteiger partial charge is 0.494 e. The van der Waals surface area contributed by atoms with E-state index in [1.807, 2.05) is 19.1 Å². The predicted molar refractivity (Wildman–Crippen MR) is 83.2 cm³/mol. The average Bonchev–Trinajstić information content (AvgIpc) is 2.91. The van der Waals surface area contributed by atoms with Crippen LogP contribution in [-0.2, 0) is 0 Å². The van der Waals surface area contributed by atoms with E-state index in [9.17, 15) is 4.79 Å². The molecule has 0 aliphatic carbocycles. The molecule has 21 heavy (non-hydrogen) atoms. The van der Waals surface area contributed by atoms with Crippen molar-refractivity contribution in [1.29, 1.82) is 0 Å². The highest BCUT2D eigenvalue weighted by molar-refractivity contribution is 7.13. The van der Waals surface area contributed by atoms with E-state index in [-0.39, 0.29) is 5.91 Å². The van der Waals surface area contributed by atoms with Gasteiger partial charge in [0.15, 0.2) is 0 Å². The molecule has 2 aromatic rings. The van der Waals surface area contributed by atoms with Gasteiger partial charge in [0.05, 0.1) is 6.61 Å². The molecule has 1 heterocycles. The van der Waals surface area contributed by atoms with Gasteiger partial charge < -0.3 is 9.64 Å². The number of hydrogen-bond acceptors (Lipinski definition) is 5. The first-order valence-electron chi connectivity index (χ1n) is 6.50. The number of aromatic nitrogens is 2. The molecule has 1 amide bonds. The Balaban J connectivity index is 1.73. The third kappa shape index (κ3) is 4.68. The maximum Gasteiger partial charge on any atom is 0.284 e. The van der Waals surface area contributed by atoms with Crippen LogP contribution < -0.4 is 4.74 Å². The van der Waals surface area contributed by atoms with Gasteiger partial charge in [-0.25, -0.2) is 0 Å². The number of ether oxygens (including phenoxy) is 1. The summed E-state index contributed by atoms with van der Waals surface area (Å²) < 4.78 is 5.58. The Morgan fingerprint density at radius 1 is 1.33 bits per heavy atom. The van der Waals surface area contributed by atoms with Crippen LogP contribution in [0.3, 0.4) is 0 Å². The first-order valence-corrected chi connectivity index (χ1v) is 7.69. The Morgan fingerprint density at radius 3 is 2.67 bits per heavy atom. The Hall–Kier alpha value is -1.66. The summed E-state index contributed by atoms with van der Waals surface area (Å²) in [6, 6.07) is 7.21. The van der Waals surface area contributed by atoms with Gasteiger partial charge in [0, 0.05) is 18.6 Å². The molecule has 5 nitrogen and oxygen atoms in total. The second-order valence-electron chi connectivity index (χ2n) is 4.51. The van der Waals surface area contributed by atoms with Crippen LogP contribution in [0.25, 0.3) is 0 Å². The van der Waals surface area contributed by atoms with Crippen molar-refractivity contribution in [3.05, 3.63) is 39.3 Å². The first-order chi connectivity index (χ1) is 10.1. The van der Waals surface area contributed by atoms with Crippen LogP contribution >= 0.6 is 22.9 Å². The second-order valence-corrected chi connectivity index (χ2v) is 6.13. The molecule has 7 heteroatoms. The first kappa shape index (κ1) is 15.7. The van der Waals surface area contributed by atoms with Crippen molar-refractivity contribution in [1.82, 2.24) is 15.1 Å². The molecule has 0 spiro atoms. The van der Waals surface area contributed by atoms with Gasteiger partial charge in [-0.1, -0.05) is 22.9 Å². The maximum atomic E-state index is 12.0. The molecule has 0 fully saturated rings. The predicted octanol–water partition coefficient (Wildman–Crippen LogP) is 3.04. The third-order valence-electron chi connectivity index (χ3n) is 2.78. The van der Waals surface area contributed by atoms with Crippen molar-refractivity contribution in [2.75, 3.05) is 20.2 Å². The topological polar surface area (TPSA) is 55.3 Å². The minimum atomic E-state index is -0.105. The number of rotatable bonds is 6. The Labute approximate surface area is 132 Å². The molecule has 1 aromatic carbocycles. The van der Waals surface area contributed by atoms with Gasteiger partial charge in [-0.3, -0.25) is 4.79 Å². The number of carbonyl (C=O) groups is 1. The van der Waals surface area contributed by atoms with Gasteiger partial charge in [0.1, 0.15) is 10.8 Å². The summed E-state index contributed by atoms with van der Waals surface area (Å²) in [4.78, 5) is 13.7. The summed E-state index contributed by atoms with van der Waals surface area (Å²) in [7, 11) is 1.75. The van der Waals surface area contributed by atoms with E-state index < -0.39 is 0 Å². The Kier molecular flexibility index (Phi) is 5.52. The zero-order valence-electron chi connectivity index (χ0n) is 11.9. The second kappa shape index (κ2) is 7.38. The Morgan fingerprint density at radius 2 is 2.05 bits per heavy atom. The molecule has 0 saturated heterocycles. The SMILES string of the molecule is Cc1nnc(C(=O)N(C)CCCOc2ccc(Cl)cc2)s1. The number of amides is 1. The fourth-order valence-electron chi connectivity index (χ4n) is 1.67. The lowest BCUT2D eigenvalue weighted by molar-refractivity contribution is 0.0786. The number of halogens is 1. The van der Waals surface area contributed by atoms with E-state index >= 15 is 0 Å². The quantitative estimate of drug-likeness (QED) is 0.766. The third-order valence-corrected chi connectivity index (χ3v) is 3.85. The van der Waals surface area contributed by atoms with Crippen LogP contribution in [0.4, 0.5) is 0 Å². The fraction of sp³-hybridized carbons (Fsp3) is 0.357. The molecule has 112 valence electrons. The number of aryl methyl sites for hydroxylation is 1. The van der Waals surface area contributed by atoms with Crippen molar-refractivity contribution in [3.63, 3.8) is 0 Å². The van der Waals surface area contributed by atoms with Crippen LogP contribution in [0, 0.1) is 6.92 Å². The van der Waals surface area contributed by atoms with Crippen LogP contribution in [0.5, 0.6) is 5.75 Å². The molecule has 0 N–H and O–H groups in total. The number of benzene rings is 1. The molecule has 1 aromatic heterocycles. The summed E-state index contributed by atoms with van der Waals surface area (Å²) in [5, 5.41) is 9.60. The van der Waals surface area contributed by atoms with Crippen molar-refractivity contribution in [2.45, 2.75) is 13.3 Å². The lowest BCUT2D eigenvalue weighted by atomic mass is 10.3. The van der Waals surface area contributed by atoms with E-state index in [2.05, 4.69) is 10.2 Å². The minimum Gasteiger partial charge on any atom is -0.494 e. The molecule has 0 radical (unpaired) electrons. The summed E-state index contributed by atoms with van der Waals surface area (Å²) in [6.45, 7) is 2.97. The molecular weight excluding hydrogens is 310 g/mol. The van der Waals surface area contributed by atoms with E-state index in [0.29, 0.717) is 23.2 Å². The van der Waals surface area contributed by atoms with Crippen molar-refractivity contribution < 1.29 is 9.53 Å². The summed E-state index contributed by atoms with van der Waals surface area (Å²) >= 11 is 7.10. The van der Waals surface area contributed by atoms with Crippen molar-refractivity contribution in [2.24, 2.45) is 0 Å². The number of nitrogens with zero attached hydrogens (tertiary/aromatic N) is 3. The van der Waals surface area contributed by atoms with E-state index in [4.69, 9.17) is 16.3 Å². The monoisotopic (exact) mass is 325 g/mol. The number of carbonyl (C=O) groups excluding carboxylic acids is 1. The van der Waals surface area contributed by atoms with Gasteiger partial charge in [-0.15, -0.1) is 10.2 Å². The number of hydrogen-bond donors (Lipinski definition) is 0. The van der Waals surface area contributed by atoms with E-state index in [1.54, 1.807) is 24.1 Å². The smallest absolute Gasteiger partial charge is 0.284 e. The van der Waals surface area contributed by atoms with Crippen molar-refractivity contribution in [3.8, 4) is 5.75 Å². The molecule has 2 rings (SSSR count). The van der Waals surface area contributed by atoms with Gasteiger partial charge in [-0.2, -0.15) is 0 Å². The van der Waals surface area contributed by atoms with Crippen LogP contribution in [-0.4, -0.2) is 41.2 Å². The van der Waals surface area contributed by atoms with Crippen LogP contribution in [0.1, 0.15) is 21.2 Å². The average molecular weight is 326 g/mol. The lowest BCUT2D eigenvalue weighted by Gasteiger charge is -2.15. The summed E-state index contributed by atoms with van der Waals surface area (Å²) in [5.74, 6) is 0.667. The minimum absolute atomic E-state index is 0.105. The molecular formula is C14H16ClN3O2S. The molecule has 0 bridgehead atoms. The zero-order valence-corrected chi connectivity index (χ0v) is 13.4. The standard InChI is InChI=1S/C14H16ClN3O2S/c1-10-16-17-13(21-10)14(19)18(2)8-3-9-20-12-6-4-11(15)5-7-12/h4-7H,3,8-9H2,1-2H3. The van der Waals surface area contributed by atoms with E-state index in [0.717, 1.165) is 17.2 Å². The molecule has 0 aliphatic heterocycles. The van der Waals surface area contributed by atoms with Crippen LogP contribution in [0.2, 0.25) is 5.02 Å². The van der Waals surface area contributed by atoms with Crippen LogP contribution in [0.15, 0.2) is 24.3 Å². The zero-order chi connectivity index (χ0) is 15.2. The molecule has 0 atom stereocenters. The normalized spacial score (nSPS) is 10.4. The van der Waals surface area contributed by atoms with Gasteiger partial charge in [-0.05, 0) is 37.6 Å². The molecule has 0 aliphatic rings. The fourth-order valence-corrected chi connectivity index (χ4v) is 2.48. The van der Waals surface area contributed by atoms with Gasteiger partial charge in [0.25, 0.3) is 5.91 Å². The summed E-state index contributed by atoms with van der Waals surface area (Å²) in [6.07, 6.45) is 0.739. The van der Waals surface area contributed by atoms with Crippen molar-refractivity contribution >= 4 is 28.8 Å². The highest BCUT2D eigenvalue weighted by Gasteiger charge is 2.15. The Bertz CT molecular complexity index is 601. The summed E-state index contributed by atoms with van der Waals surface area (Å²) in [5.41, 5.74) is 0. The molecule has 0 unspecified atom stereocenters. The van der Waals surface area contributed by atoms with E-state index in [1.165, 1.54) is 11.3 Å². The highest BCUT2D eigenvalue weighted by Crippen LogP contribution is 2.15.